The SMILES string of the molecule is [2H]c1nc2c(N[C@@H](C)c3cc4cccc(Cl)c4c(=O)n3C3CC3)ncnc2[nH]1. The molecule has 0 saturated heterocycles. The molecular formula is C19H17ClN6O. The second kappa shape index (κ2) is 6.06. The number of nitrogens with zero attached hydrogens (tertiary/aromatic N) is 4. The largest absolute Gasteiger partial charge is 0.360 e. The van der Waals surface area contributed by atoms with Gasteiger partial charge >= 0.3 is 0 Å². The van der Waals surface area contributed by atoms with Gasteiger partial charge in [0, 0.05) is 11.7 Å². The van der Waals surface area contributed by atoms with Crippen molar-refractivity contribution in [1.82, 2.24) is 24.5 Å². The highest BCUT2D eigenvalue weighted by molar-refractivity contribution is 6.35. The summed E-state index contributed by atoms with van der Waals surface area (Å²) in [6.45, 7) is 1.98. The van der Waals surface area contributed by atoms with Crippen molar-refractivity contribution >= 4 is 39.4 Å². The van der Waals surface area contributed by atoms with Crippen LogP contribution in [0.15, 0.2) is 41.7 Å². The minimum Gasteiger partial charge on any atom is -0.360 e. The van der Waals surface area contributed by atoms with Crippen LogP contribution >= 0.6 is 11.6 Å². The van der Waals surface area contributed by atoms with Crippen LogP contribution in [0.25, 0.3) is 21.9 Å². The lowest BCUT2D eigenvalue weighted by atomic mass is 10.1. The first kappa shape index (κ1) is 15.2. The maximum Gasteiger partial charge on any atom is 0.260 e. The van der Waals surface area contributed by atoms with Crippen LogP contribution in [0.5, 0.6) is 0 Å². The Bertz CT molecular complexity index is 1280. The van der Waals surface area contributed by atoms with Gasteiger partial charge in [-0.3, -0.25) is 4.79 Å². The summed E-state index contributed by atoms with van der Waals surface area (Å²) >= 11 is 6.31. The standard InChI is InChI=1S/C19H17ClN6O/c1-10(25-18-16-17(22-8-21-16)23-9-24-18)14-7-11-3-2-4-13(20)15(11)19(27)26(14)12-5-6-12/h2-4,7-10,12H,5-6H2,1H3,(H2,21,22,23,24,25)/t10-/m0/s1/i8D. The number of benzene rings is 1. The molecule has 0 radical (unpaired) electrons. The maximum absolute atomic E-state index is 13.2. The van der Waals surface area contributed by atoms with Crippen LogP contribution in [0.1, 0.15) is 38.9 Å². The molecule has 1 aromatic carbocycles. The van der Waals surface area contributed by atoms with E-state index in [1.807, 2.05) is 29.7 Å². The van der Waals surface area contributed by atoms with Gasteiger partial charge in [-0.25, -0.2) is 15.0 Å². The van der Waals surface area contributed by atoms with Crippen LogP contribution in [-0.2, 0) is 0 Å². The summed E-state index contributed by atoms with van der Waals surface area (Å²) < 4.78 is 9.54. The van der Waals surface area contributed by atoms with Crippen molar-refractivity contribution in [1.29, 1.82) is 0 Å². The number of halogens is 1. The minimum atomic E-state index is -0.208. The number of nitrogens with one attached hydrogen (secondary N) is 2. The lowest BCUT2D eigenvalue weighted by Gasteiger charge is -2.21. The Kier molecular flexibility index (Phi) is 3.40. The van der Waals surface area contributed by atoms with Gasteiger partial charge in [-0.15, -0.1) is 0 Å². The smallest absolute Gasteiger partial charge is 0.260 e. The highest BCUT2D eigenvalue weighted by atomic mass is 35.5. The molecule has 8 heteroatoms. The normalized spacial score (nSPS) is 15.9. The van der Waals surface area contributed by atoms with Gasteiger partial charge in [-0.1, -0.05) is 23.7 Å². The molecule has 2 N–H and O–H groups in total. The van der Waals surface area contributed by atoms with Gasteiger partial charge in [-0.2, -0.15) is 0 Å². The van der Waals surface area contributed by atoms with Crippen LogP contribution in [0.2, 0.25) is 5.02 Å². The quantitative estimate of drug-likeness (QED) is 0.560. The van der Waals surface area contributed by atoms with Gasteiger partial charge in [0.2, 0.25) is 0 Å². The third kappa shape index (κ3) is 2.66. The zero-order chi connectivity index (χ0) is 19.4. The van der Waals surface area contributed by atoms with E-state index < -0.39 is 0 Å². The minimum absolute atomic E-state index is 0.0291. The lowest BCUT2D eigenvalue weighted by Crippen LogP contribution is -2.26. The summed E-state index contributed by atoms with van der Waals surface area (Å²) in [6, 6.07) is 7.50. The Morgan fingerprint density at radius 2 is 2.22 bits per heavy atom. The molecule has 0 unspecified atom stereocenters. The molecule has 0 aliphatic heterocycles. The van der Waals surface area contributed by atoms with E-state index in [-0.39, 0.29) is 23.9 Å². The number of pyridine rings is 1. The lowest BCUT2D eigenvalue weighted by molar-refractivity contribution is 0.636. The van der Waals surface area contributed by atoms with Gasteiger partial charge in [0.15, 0.2) is 11.5 Å². The maximum atomic E-state index is 13.2. The number of hydrogen-bond donors (Lipinski definition) is 2. The molecule has 0 spiro atoms. The van der Waals surface area contributed by atoms with E-state index in [0.29, 0.717) is 27.4 Å². The van der Waals surface area contributed by atoms with Crippen molar-refractivity contribution in [2.24, 2.45) is 0 Å². The van der Waals surface area contributed by atoms with Crippen LogP contribution < -0.4 is 10.9 Å². The molecule has 1 atom stereocenters. The van der Waals surface area contributed by atoms with Gasteiger partial charge in [0.1, 0.15) is 13.2 Å². The molecule has 136 valence electrons. The summed E-state index contributed by atoms with van der Waals surface area (Å²) in [4.78, 5) is 28.5. The van der Waals surface area contributed by atoms with Crippen LogP contribution in [0, 0.1) is 0 Å². The van der Waals surface area contributed by atoms with Crippen LogP contribution in [0.3, 0.4) is 0 Å². The molecule has 1 aliphatic carbocycles. The molecular weight excluding hydrogens is 364 g/mol. The Balaban J connectivity index is 1.64. The zero-order valence-corrected chi connectivity index (χ0v) is 15.3. The highest BCUT2D eigenvalue weighted by Crippen LogP contribution is 2.37. The second-order valence-corrected chi connectivity index (χ2v) is 7.22. The molecule has 7 nitrogen and oxygen atoms in total. The van der Waals surface area contributed by atoms with E-state index in [9.17, 15) is 4.79 Å². The van der Waals surface area contributed by atoms with Gasteiger partial charge in [-0.05, 0) is 37.3 Å². The van der Waals surface area contributed by atoms with Gasteiger partial charge in [0.25, 0.3) is 5.56 Å². The first-order valence-electron chi connectivity index (χ1n) is 9.30. The van der Waals surface area contributed by atoms with E-state index in [1.165, 1.54) is 6.33 Å². The first-order valence-corrected chi connectivity index (χ1v) is 9.18. The van der Waals surface area contributed by atoms with E-state index >= 15 is 0 Å². The number of aromatic amines is 1. The number of H-pyrrole nitrogens is 1. The Morgan fingerprint density at radius 1 is 1.37 bits per heavy atom. The van der Waals surface area contributed by atoms with Crippen LogP contribution in [-0.4, -0.2) is 24.5 Å². The molecule has 1 fully saturated rings. The summed E-state index contributed by atoms with van der Waals surface area (Å²) in [6.07, 6.45) is 3.41. The number of anilines is 1. The van der Waals surface area contributed by atoms with Crippen LogP contribution in [0.4, 0.5) is 5.82 Å². The second-order valence-electron chi connectivity index (χ2n) is 6.81. The molecule has 3 aromatic heterocycles. The summed E-state index contributed by atoms with van der Waals surface area (Å²) in [5.41, 5.74) is 1.81. The average molecular weight is 382 g/mol. The van der Waals surface area contributed by atoms with E-state index in [0.717, 1.165) is 23.9 Å². The third-order valence-corrected chi connectivity index (χ3v) is 5.25. The average Bonchev–Trinajstić information content (AvgIpc) is 3.41. The predicted molar refractivity (Wildman–Crippen MR) is 105 cm³/mol. The Morgan fingerprint density at radius 3 is 3.04 bits per heavy atom. The fourth-order valence-corrected chi connectivity index (χ4v) is 3.76. The molecule has 3 heterocycles. The summed E-state index contributed by atoms with van der Waals surface area (Å²) in [7, 11) is 0. The number of fused-ring (bicyclic) bond motifs is 2. The van der Waals surface area contributed by atoms with Crippen molar-refractivity contribution in [3.63, 3.8) is 0 Å². The van der Waals surface area contributed by atoms with Crippen molar-refractivity contribution in [2.45, 2.75) is 31.8 Å². The zero-order valence-electron chi connectivity index (χ0n) is 15.5. The number of imidazole rings is 1. The topological polar surface area (TPSA) is 88.5 Å². The predicted octanol–water partition coefficient (Wildman–Crippen LogP) is 3.83. The monoisotopic (exact) mass is 381 g/mol. The van der Waals surface area contributed by atoms with Gasteiger partial charge < -0.3 is 14.9 Å². The molecule has 5 rings (SSSR count). The Hall–Kier alpha value is -2.93. The molecule has 0 bridgehead atoms. The van der Waals surface area contributed by atoms with Crippen molar-refractivity contribution in [3.05, 3.63) is 58.0 Å². The van der Waals surface area contributed by atoms with E-state index in [2.05, 4.69) is 25.3 Å². The van der Waals surface area contributed by atoms with E-state index in [1.54, 1.807) is 6.07 Å². The third-order valence-electron chi connectivity index (χ3n) is 4.93. The van der Waals surface area contributed by atoms with Crippen molar-refractivity contribution < 1.29 is 1.37 Å². The number of rotatable bonds is 4. The highest BCUT2D eigenvalue weighted by Gasteiger charge is 2.29. The number of hydrogen-bond acceptors (Lipinski definition) is 5. The summed E-state index contributed by atoms with van der Waals surface area (Å²) in [5.74, 6) is 0.522. The fourth-order valence-electron chi connectivity index (χ4n) is 3.49. The molecule has 1 saturated carbocycles. The van der Waals surface area contributed by atoms with Gasteiger partial charge in [0.05, 0.1) is 22.8 Å². The van der Waals surface area contributed by atoms with Crippen molar-refractivity contribution in [3.8, 4) is 0 Å². The first-order chi connectivity index (χ1) is 13.5. The van der Waals surface area contributed by atoms with E-state index in [4.69, 9.17) is 13.0 Å². The Labute approximate surface area is 160 Å². The molecule has 0 amide bonds. The summed E-state index contributed by atoms with van der Waals surface area (Å²) in [5, 5.41) is 5.18. The number of aromatic nitrogens is 5. The van der Waals surface area contributed by atoms with Crippen molar-refractivity contribution in [2.75, 3.05) is 5.32 Å². The molecule has 4 aromatic rings. The molecule has 27 heavy (non-hydrogen) atoms. The molecule has 1 aliphatic rings. The fraction of sp³-hybridized carbons (Fsp3) is 0.263.